The van der Waals surface area contributed by atoms with Crippen molar-refractivity contribution in [3.63, 3.8) is 0 Å². The van der Waals surface area contributed by atoms with Crippen molar-refractivity contribution >= 4 is 23.4 Å². The second-order valence-corrected chi connectivity index (χ2v) is 6.77. The molecule has 1 aliphatic heterocycles. The first-order valence-electron chi connectivity index (χ1n) is 8.47. The first kappa shape index (κ1) is 18.7. The lowest BCUT2D eigenvalue weighted by molar-refractivity contribution is -0.127. The quantitative estimate of drug-likeness (QED) is 0.732. The van der Waals surface area contributed by atoms with Gasteiger partial charge in [-0.2, -0.15) is 0 Å². The Labute approximate surface area is 149 Å². The summed E-state index contributed by atoms with van der Waals surface area (Å²) in [6.07, 6.45) is 2.42. The lowest BCUT2D eigenvalue weighted by atomic mass is 10.1. The third-order valence-corrected chi connectivity index (χ3v) is 4.72. The SMILES string of the molecule is CC(c1cccc(Cl)c1)N(C)CC(=O)NCCCN1CCCC1=O. The van der Waals surface area contributed by atoms with Crippen molar-refractivity contribution in [1.82, 2.24) is 15.1 Å². The summed E-state index contributed by atoms with van der Waals surface area (Å²) in [7, 11) is 1.92. The van der Waals surface area contributed by atoms with E-state index in [0.717, 1.165) is 31.5 Å². The predicted molar refractivity (Wildman–Crippen MR) is 95.9 cm³/mol. The van der Waals surface area contributed by atoms with Crippen LogP contribution >= 0.6 is 11.6 Å². The van der Waals surface area contributed by atoms with Crippen LogP contribution in [0.2, 0.25) is 5.02 Å². The van der Waals surface area contributed by atoms with Crippen molar-refractivity contribution in [2.75, 3.05) is 33.2 Å². The fourth-order valence-electron chi connectivity index (χ4n) is 2.88. The number of nitrogens with one attached hydrogen (secondary N) is 1. The van der Waals surface area contributed by atoms with E-state index in [4.69, 9.17) is 11.6 Å². The van der Waals surface area contributed by atoms with Crippen LogP contribution in [0.5, 0.6) is 0 Å². The lowest BCUT2D eigenvalue weighted by Gasteiger charge is -2.24. The van der Waals surface area contributed by atoms with Crippen molar-refractivity contribution in [2.45, 2.75) is 32.2 Å². The van der Waals surface area contributed by atoms with E-state index in [0.29, 0.717) is 24.5 Å². The van der Waals surface area contributed by atoms with Crippen LogP contribution in [-0.4, -0.2) is 54.8 Å². The Hall–Kier alpha value is -1.59. The average Bonchev–Trinajstić information content (AvgIpc) is 2.96. The molecule has 0 radical (unpaired) electrons. The maximum absolute atomic E-state index is 12.1. The third kappa shape index (κ3) is 5.49. The van der Waals surface area contributed by atoms with Gasteiger partial charge in [0.15, 0.2) is 0 Å². The van der Waals surface area contributed by atoms with Gasteiger partial charge in [-0.05, 0) is 44.5 Å². The Morgan fingerprint density at radius 2 is 2.25 bits per heavy atom. The minimum Gasteiger partial charge on any atom is -0.355 e. The Morgan fingerprint density at radius 1 is 1.46 bits per heavy atom. The Kier molecular flexibility index (Phi) is 7.06. The summed E-state index contributed by atoms with van der Waals surface area (Å²) in [5.41, 5.74) is 1.09. The van der Waals surface area contributed by atoms with Crippen molar-refractivity contribution in [2.24, 2.45) is 0 Å². The molecular weight excluding hydrogens is 326 g/mol. The van der Waals surface area contributed by atoms with Crippen LogP contribution in [0.1, 0.15) is 37.8 Å². The molecule has 0 saturated carbocycles. The largest absolute Gasteiger partial charge is 0.355 e. The van der Waals surface area contributed by atoms with E-state index in [9.17, 15) is 9.59 Å². The Bertz CT molecular complexity index is 579. The molecule has 1 N–H and O–H groups in total. The maximum atomic E-state index is 12.1. The molecule has 0 aromatic heterocycles. The number of likely N-dealkylation sites (tertiary alicyclic amines) is 1. The summed E-state index contributed by atoms with van der Waals surface area (Å²) >= 11 is 6.02. The Morgan fingerprint density at radius 3 is 2.92 bits per heavy atom. The number of halogens is 1. The molecule has 0 aliphatic carbocycles. The number of carbonyl (C=O) groups excluding carboxylic acids is 2. The zero-order valence-corrected chi connectivity index (χ0v) is 15.2. The van der Waals surface area contributed by atoms with E-state index in [1.807, 2.05) is 41.1 Å². The number of benzene rings is 1. The van der Waals surface area contributed by atoms with Crippen molar-refractivity contribution in [3.8, 4) is 0 Å². The average molecular weight is 352 g/mol. The van der Waals surface area contributed by atoms with Crippen LogP contribution in [-0.2, 0) is 9.59 Å². The van der Waals surface area contributed by atoms with Gasteiger partial charge in [-0.25, -0.2) is 0 Å². The minimum atomic E-state index is -0.000809. The molecule has 1 atom stereocenters. The number of carbonyl (C=O) groups is 2. The molecule has 1 saturated heterocycles. The number of rotatable bonds is 8. The van der Waals surface area contributed by atoms with Crippen LogP contribution in [0.4, 0.5) is 0 Å². The number of nitrogens with zero attached hydrogens (tertiary/aromatic N) is 2. The highest BCUT2D eigenvalue weighted by Gasteiger charge is 2.19. The van der Waals surface area contributed by atoms with Gasteiger partial charge in [0.2, 0.25) is 11.8 Å². The number of hydrogen-bond donors (Lipinski definition) is 1. The highest BCUT2D eigenvalue weighted by atomic mass is 35.5. The van der Waals surface area contributed by atoms with Gasteiger partial charge in [0, 0.05) is 37.1 Å². The van der Waals surface area contributed by atoms with Gasteiger partial charge in [-0.15, -0.1) is 0 Å². The van der Waals surface area contributed by atoms with E-state index in [2.05, 4.69) is 12.2 Å². The van der Waals surface area contributed by atoms with Crippen molar-refractivity contribution in [1.29, 1.82) is 0 Å². The van der Waals surface area contributed by atoms with Crippen LogP contribution in [0, 0.1) is 0 Å². The highest BCUT2D eigenvalue weighted by molar-refractivity contribution is 6.30. The summed E-state index contributed by atoms with van der Waals surface area (Å²) in [5, 5.41) is 3.63. The number of hydrogen-bond acceptors (Lipinski definition) is 3. The molecule has 1 aliphatic rings. The normalized spacial score (nSPS) is 15.8. The number of likely N-dealkylation sites (N-methyl/N-ethyl adjacent to an activating group) is 1. The molecule has 1 heterocycles. The van der Waals surface area contributed by atoms with Gasteiger partial charge in [0.1, 0.15) is 0 Å². The van der Waals surface area contributed by atoms with Crippen molar-refractivity contribution in [3.05, 3.63) is 34.9 Å². The predicted octanol–water partition coefficient (Wildman–Crippen LogP) is 2.46. The molecule has 1 unspecified atom stereocenters. The third-order valence-electron chi connectivity index (χ3n) is 4.48. The van der Waals surface area contributed by atoms with E-state index >= 15 is 0 Å². The van der Waals surface area contributed by atoms with Gasteiger partial charge >= 0.3 is 0 Å². The molecule has 24 heavy (non-hydrogen) atoms. The molecule has 2 amide bonds. The molecule has 5 nitrogen and oxygen atoms in total. The van der Waals surface area contributed by atoms with Crippen LogP contribution in [0.3, 0.4) is 0 Å². The molecular formula is C18H26ClN3O2. The van der Waals surface area contributed by atoms with Crippen LogP contribution in [0.25, 0.3) is 0 Å². The number of amides is 2. The molecule has 1 aromatic carbocycles. The first-order chi connectivity index (χ1) is 11.5. The van der Waals surface area contributed by atoms with Gasteiger partial charge in [-0.3, -0.25) is 14.5 Å². The smallest absolute Gasteiger partial charge is 0.234 e. The topological polar surface area (TPSA) is 52.7 Å². The molecule has 0 bridgehead atoms. The monoisotopic (exact) mass is 351 g/mol. The first-order valence-corrected chi connectivity index (χ1v) is 8.85. The summed E-state index contributed by atoms with van der Waals surface area (Å²) < 4.78 is 0. The summed E-state index contributed by atoms with van der Waals surface area (Å²) in [4.78, 5) is 27.4. The molecule has 2 rings (SSSR count). The molecule has 6 heteroatoms. The van der Waals surface area contributed by atoms with Gasteiger partial charge < -0.3 is 10.2 Å². The van der Waals surface area contributed by atoms with Gasteiger partial charge in [0.05, 0.1) is 6.54 Å². The lowest BCUT2D eigenvalue weighted by Crippen LogP contribution is -2.37. The molecule has 1 aromatic rings. The maximum Gasteiger partial charge on any atom is 0.234 e. The van der Waals surface area contributed by atoms with Crippen molar-refractivity contribution < 1.29 is 9.59 Å². The fourth-order valence-corrected chi connectivity index (χ4v) is 3.08. The summed E-state index contributed by atoms with van der Waals surface area (Å²) in [6.45, 7) is 4.57. The van der Waals surface area contributed by atoms with E-state index < -0.39 is 0 Å². The van der Waals surface area contributed by atoms with E-state index in [1.165, 1.54) is 0 Å². The Balaban J connectivity index is 1.68. The van der Waals surface area contributed by atoms with Crippen LogP contribution < -0.4 is 5.32 Å². The van der Waals surface area contributed by atoms with Gasteiger partial charge in [-0.1, -0.05) is 23.7 Å². The molecule has 0 spiro atoms. The zero-order chi connectivity index (χ0) is 17.5. The van der Waals surface area contributed by atoms with Gasteiger partial charge in [0.25, 0.3) is 0 Å². The summed E-state index contributed by atoms with van der Waals surface area (Å²) in [6, 6.07) is 7.81. The van der Waals surface area contributed by atoms with E-state index in [1.54, 1.807) is 0 Å². The second-order valence-electron chi connectivity index (χ2n) is 6.33. The highest BCUT2D eigenvalue weighted by Crippen LogP contribution is 2.21. The molecule has 132 valence electrons. The fraction of sp³-hybridized carbons (Fsp3) is 0.556. The molecule has 1 fully saturated rings. The zero-order valence-electron chi connectivity index (χ0n) is 14.4. The standard InChI is InChI=1S/C18H26ClN3O2/c1-14(15-6-3-7-16(19)12-15)21(2)13-17(23)20-9-5-11-22-10-4-8-18(22)24/h3,6-7,12,14H,4-5,8-11,13H2,1-2H3,(H,20,23). The van der Waals surface area contributed by atoms with E-state index in [-0.39, 0.29) is 17.9 Å². The van der Waals surface area contributed by atoms with Crippen LogP contribution in [0.15, 0.2) is 24.3 Å². The summed E-state index contributed by atoms with van der Waals surface area (Å²) in [5.74, 6) is 0.232. The second kappa shape index (κ2) is 9.04. The minimum absolute atomic E-state index is 0.000809.